The molecule has 0 aromatic carbocycles. The molecule has 16 heavy (non-hydrogen) atoms. The molecule has 5 atom stereocenters. The Balaban J connectivity index is 1.57. The Kier molecular flexibility index (Phi) is 2.97. The number of fused-ring (bicyclic) bond motifs is 1. The Labute approximate surface area is 98.7 Å². The van der Waals surface area contributed by atoms with Gasteiger partial charge in [-0.25, -0.2) is 0 Å². The van der Waals surface area contributed by atoms with Gasteiger partial charge in [-0.3, -0.25) is 0 Å². The Morgan fingerprint density at radius 2 is 1.88 bits per heavy atom. The van der Waals surface area contributed by atoms with Crippen LogP contribution in [0.3, 0.4) is 0 Å². The first kappa shape index (κ1) is 11.0. The largest absolute Gasteiger partial charge is 0.378 e. The predicted octanol–water partition coefficient (Wildman–Crippen LogP) is 3.01. The molecule has 0 amide bonds. The summed E-state index contributed by atoms with van der Waals surface area (Å²) in [5, 5.41) is 0. The van der Waals surface area contributed by atoms with E-state index in [9.17, 15) is 0 Å². The van der Waals surface area contributed by atoms with Gasteiger partial charge in [0, 0.05) is 0 Å². The van der Waals surface area contributed by atoms with Crippen molar-refractivity contribution >= 4 is 0 Å². The van der Waals surface area contributed by atoms with Gasteiger partial charge in [0.05, 0.1) is 24.9 Å². The molecular weight excluding hydrogens is 200 g/mol. The molecule has 2 nitrogen and oxygen atoms in total. The fraction of sp³-hybridized carbons (Fsp3) is 1.00. The van der Waals surface area contributed by atoms with Crippen LogP contribution in [0, 0.1) is 17.8 Å². The molecule has 0 bridgehead atoms. The van der Waals surface area contributed by atoms with Crippen LogP contribution in [-0.2, 0) is 9.47 Å². The van der Waals surface area contributed by atoms with Gasteiger partial charge in [-0.2, -0.15) is 0 Å². The first-order valence-corrected chi connectivity index (χ1v) is 7.05. The second kappa shape index (κ2) is 4.30. The summed E-state index contributed by atoms with van der Waals surface area (Å²) in [5.74, 6) is 2.64. The number of hydrogen-bond donors (Lipinski definition) is 0. The topological polar surface area (TPSA) is 21.8 Å². The standard InChI is InChI=1S/C14H24O2/c1-3-12(10-5-4-9(2)15-8-10)11-6-13-14(7-11)16-13/h9-14H,3-8H2,1-2H3. The van der Waals surface area contributed by atoms with Crippen LogP contribution in [0.2, 0.25) is 0 Å². The van der Waals surface area contributed by atoms with E-state index < -0.39 is 0 Å². The first-order valence-electron chi connectivity index (χ1n) is 7.05. The predicted molar refractivity (Wildman–Crippen MR) is 63.3 cm³/mol. The van der Waals surface area contributed by atoms with E-state index in [1.54, 1.807) is 0 Å². The summed E-state index contributed by atoms with van der Waals surface area (Å²) in [5.41, 5.74) is 0. The van der Waals surface area contributed by atoms with Crippen molar-refractivity contribution in [1.29, 1.82) is 0 Å². The molecule has 0 radical (unpaired) electrons. The summed E-state index contributed by atoms with van der Waals surface area (Å²) in [4.78, 5) is 0. The molecule has 0 spiro atoms. The molecule has 3 rings (SSSR count). The lowest BCUT2D eigenvalue weighted by atomic mass is 9.76. The highest BCUT2D eigenvalue weighted by atomic mass is 16.6. The van der Waals surface area contributed by atoms with Crippen molar-refractivity contribution in [3.8, 4) is 0 Å². The van der Waals surface area contributed by atoms with E-state index in [1.807, 2.05) is 0 Å². The number of hydrogen-bond acceptors (Lipinski definition) is 2. The van der Waals surface area contributed by atoms with Crippen LogP contribution in [0.1, 0.15) is 46.0 Å². The van der Waals surface area contributed by atoms with Gasteiger partial charge < -0.3 is 9.47 Å². The monoisotopic (exact) mass is 224 g/mol. The highest BCUT2D eigenvalue weighted by Crippen LogP contribution is 2.48. The van der Waals surface area contributed by atoms with Gasteiger partial charge in [-0.15, -0.1) is 0 Å². The normalized spacial score (nSPS) is 48.8. The minimum absolute atomic E-state index is 0.495. The maximum absolute atomic E-state index is 5.84. The van der Waals surface area contributed by atoms with E-state index >= 15 is 0 Å². The van der Waals surface area contributed by atoms with Crippen LogP contribution in [0.5, 0.6) is 0 Å². The van der Waals surface area contributed by atoms with Crippen molar-refractivity contribution < 1.29 is 9.47 Å². The zero-order valence-corrected chi connectivity index (χ0v) is 10.5. The quantitative estimate of drug-likeness (QED) is 0.687. The molecular formula is C14H24O2. The van der Waals surface area contributed by atoms with Crippen molar-refractivity contribution in [2.24, 2.45) is 17.8 Å². The van der Waals surface area contributed by atoms with E-state index in [2.05, 4.69) is 13.8 Å². The van der Waals surface area contributed by atoms with Gasteiger partial charge in [-0.05, 0) is 50.4 Å². The highest BCUT2D eigenvalue weighted by Gasteiger charge is 2.50. The SMILES string of the molecule is CCC(C1CCC(C)OC1)C1CC2OC2C1. The third kappa shape index (κ3) is 2.02. The van der Waals surface area contributed by atoms with E-state index in [0.29, 0.717) is 18.3 Å². The van der Waals surface area contributed by atoms with Gasteiger partial charge in [-0.1, -0.05) is 13.3 Å². The highest BCUT2D eigenvalue weighted by molar-refractivity contribution is 4.98. The van der Waals surface area contributed by atoms with E-state index in [-0.39, 0.29) is 0 Å². The Bertz CT molecular complexity index is 235. The summed E-state index contributed by atoms with van der Waals surface area (Å²) < 4.78 is 11.4. The molecule has 1 saturated carbocycles. The minimum Gasteiger partial charge on any atom is -0.378 e. The molecule has 0 aromatic rings. The van der Waals surface area contributed by atoms with Crippen molar-refractivity contribution in [1.82, 2.24) is 0 Å². The van der Waals surface area contributed by atoms with Gasteiger partial charge >= 0.3 is 0 Å². The average Bonchev–Trinajstić information content (AvgIpc) is 2.90. The molecule has 92 valence electrons. The molecule has 3 aliphatic rings. The number of ether oxygens (including phenoxy) is 2. The van der Waals surface area contributed by atoms with Gasteiger partial charge in [0.1, 0.15) is 0 Å². The van der Waals surface area contributed by atoms with Crippen LogP contribution in [0.25, 0.3) is 0 Å². The third-order valence-electron chi connectivity index (χ3n) is 4.98. The number of rotatable bonds is 3. The second-order valence-electron chi connectivity index (χ2n) is 6.00. The maximum Gasteiger partial charge on any atom is 0.0844 e. The van der Waals surface area contributed by atoms with Crippen molar-refractivity contribution in [2.45, 2.75) is 64.3 Å². The van der Waals surface area contributed by atoms with Crippen LogP contribution >= 0.6 is 0 Å². The molecule has 0 N–H and O–H groups in total. The molecule has 0 aromatic heterocycles. The summed E-state index contributed by atoms with van der Waals surface area (Å²) in [6, 6.07) is 0. The molecule has 2 saturated heterocycles. The van der Waals surface area contributed by atoms with Gasteiger partial charge in [0.2, 0.25) is 0 Å². The lowest BCUT2D eigenvalue weighted by molar-refractivity contribution is -0.0343. The fourth-order valence-electron chi connectivity index (χ4n) is 3.93. The Morgan fingerprint density at radius 1 is 1.12 bits per heavy atom. The van der Waals surface area contributed by atoms with Crippen LogP contribution in [0.4, 0.5) is 0 Å². The molecule has 2 aliphatic heterocycles. The van der Waals surface area contributed by atoms with E-state index in [0.717, 1.165) is 24.4 Å². The first-order chi connectivity index (χ1) is 7.78. The Morgan fingerprint density at radius 3 is 2.44 bits per heavy atom. The second-order valence-corrected chi connectivity index (χ2v) is 6.00. The van der Waals surface area contributed by atoms with Crippen molar-refractivity contribution in [3.63, 3.8) is 0 Å². The summed E-state index contributed by atoms with van der Waals surface area (Å²) in [6.45, 7) is 5.57. The lowest BCUT2D eigenvalue weighted by Gasteiger charge is -2.36. The molecule has 2 heteroatoms. The third-order valence-corrected chi connectivity index (χ3v) is 4.98. The molecule has 5 unspecified atom stereocenters. The number of epoxide rings is 1. The van der Waals surface area contributed by atoms with Crippen LogP contribution in [-0.4, -0.2) is 24.9 Å². The molecule has 2 heterocycles. The van der Waals surface area contributed by atoms with Gasteiger partial charge in [0.15, 0.2) is 0 Å². The molecule has 1 aliphatic carbocycles. The zero-order valence-electron chi connectivity index (χ0n) is 10.5. The summed E-state index contributed by atoms with van der Waals surface area (Å²) >= 11 is 0. The van der Waals surface area contributed by atoms with Crippen LogP contribution < -0.4 is 0 Å². The van der Waals surface area contributed by atoms with Crippen molar-refractivity contribution in [3.05, 3.63) is 0 Å². The Hall–Kier alpha value is -0.0800. The minimum atomic E-state index is 0.495. The fourth-order valence-corrected chi connectivity index (χ4v) is 3.93. The zero-order chi connectivity index (χ0) is 11.1. The van der Waals surface area contributed by atoms with Crippen molar-refractivity contribution in [2.75, 3.05) is 6.61 Å². The summed E-state index contributed by atoms with van der Waals surface area (Å²) in [7, 11) is 0. The van der Waals surface area contributed by atoms with E-state index in [4.69, 9.17) is 9.47 Å². The smallest absolute Gasteiger partial charge is 0.0844 e. The van der Waals surface area contributed by atoms with Crippen LogP contribution in [0.15, 0.2) is 0 Å². The summed E-state index contributed by atoms with van der Waals surface area (Å²) in [6.07, 6.45) is 8.40. The van der Waals surface area contributed by atoms with Gasteiger partial charge in [0.25, 0.3) is 0 Å². The molecule has 3 fully saturated rings. The average molecular weight is 224 g/mol. The van der Waals surface area contributed by atoms with E-state index in [1.165, 1.54) is 32.1 Å². The lowest BCUT2D eigenvalue weighted by Crippen LogP contribution is -2.32. The maximum atomic E-state index is 5.84.